The average molecular weight is 234 g/mol. The summed E-state index contributed by atoms with van der Waals surface area (Å²) in [6.45, 7) is 5.84. The molecule has 4 nitrogen and oxygen atoms in total. The van der Waals surface area contributed by atoms with Crippen LogP contribution < -0.4 is 10.6 Å². The van der Waals surface area contributed by atoms with Gasteiger partial charge in [0.2, 0.25) is 0 Å². The van der Waals surface area contributed by atoms with Gasteiger partial charge >= 0.3 is 11.8 Å². The summed E-state index contributed by atoms with van der Waals surface area (Å²) in [7, 11) is 0. The Balaban J connectivity index is 2.43. The Morgan fingerprint density at radius 2 is 1.65 bits per heavy atom. The molecular formula is C13H18N2O2. The standard InChI is InChI=1S/C13H18N2O2/c1-13(2,3)15-12(17)11(16)14-9-10-7-5-4-6-8-10/h4-8H,9H2,1-3H3,(H,14,16)(H,15,17). The molecule has 0 heterocycles. The Morgan fingerprint density at radius 3 is 2.18 bits per heavy atom. The van der Waals surface area contributed by atoms with Crippen LogP contribution in [0.2, 0.25) is 0 Å². The van der Waals surface area contributed by atoms with E-state index in [0.29, 0.717) is 6.54 Å². The molecule has 2 N–H and O–H groups in total. The highest BCUT2D eigenvalue weighted by Gasteiger charge is 2.19. The van der Waals surface area contributed by atoms with Crippen molar-refractivity contribution in [2.24, 2.45) is 0 Å². The highest BCUT2D eigenvalue weighted by atomic mass is 16.2. The Labute approximate surface area is 101 Å². The number of rotatable bonds is 2. The van der Waals surface area contributed by atoms with Gasteiger partial charge in [-0.25, -0.2) is 0 Å². The maximum absolute atomic E-state index is 11.5. The fourth-order valence-corrected chi connectivity index (χ4v) is 1.26. The SMILES string of the molecule is CC(C)(C)NC(=O)C(=O)NCc1ccccc1. The molecule has 0 aliphatic rings. The Bertz CT molecular complexity index is 394. The summed E-state index contributed by atoms with van der Waals surface area (Å²) >= 11 is 0. The first kappa shape index (κ1) is 13.2. The molecule has 0 saturated heterocycles. The lowest BCUT2D eigenvalue weighted by molar-refractivity contribution is -0.140. The van der Waals surface area contributed by atoms with Crippen molar-refractivity contribution >= 4 is 11.8 Å². The van der Waals surface area contributed by atoms with Crippen LogP contribution >= 0.6 is 0 Å². The van der Waals surface area contributed by atoms with Crippen LogP contribution in [0.5, 0.6) is 0 Å². The minimum absolute atomic E-state index is 0.358. The number of amides is 2. The first-order chi connectivity index (χ1) is 7.88. The molecule has 1 rings (SSSR count). The van der Waals surface area contributed by atoms with E-state index in [4.69, 9.17) is 0 Å². The maximum Gasteiger partial charge on any atom is 0.309 e. The topological polar surface area (TPSA) is 58.2 Å². The second kappa shape index (κ2) is 5.48. The summed E-state index contributed by atoms with van der Waals surface area (Å²) in [5.41, 5.74) is 0.561. The van der Waals surface area contributed by atoms with Crippen LogP contribution in [-0.2, 0) is 16.1 Å². The van der Waals surface area contributed by atoms with E-state index in [0.717, 1.165) is 5.56 Å². The van der Waals surface area contributed by atoms with Crippen molar-refractivity contribution in [3.05, 3.63) is 35.9 Å². The lowest BCUT2D eigenvalue weighted by Crippen LogP contribution is -2.48. The van der Waals surface area contributed by atoms with Gasteiger partial charge in [-0.3, -0.25) is 9.59 Å². The van der Waals surface area contributed by atoms with Crippen LogP contribution in [-0.4, -0.2) is 17.4 Å². The quantitative estimate of drug-likeness (QED) is 0.756. The predicted molar refractivity (Wildman–Crippen MR) is 66.2 cm³/mol. The zero-order valence-corrected chi connectivity index (χ0v) is 10.4. The molecule has 17 heavy (non-hydrogen) atoms. The Morgan fingerprint density at radius 1 is 1.06 bits per heavy atom. The molecular weight excluding hydrogens is 216 g/mol. The van der Waals surface area contributed by atoms with Crippen molar-refractivity contribution in [1.29, 1.82) is 0 Å². The van der Waals surface area contributed by atoms with Crippen LogP contribution in [0.25, 0.3) is 0 Å². The van der Waals surface area contributed by atoms with Gasteiger partial charge in [-0.15, -0.1) is 0 Å². The summed E-state index contributed by atoms with van der Waals surface area (Å²) in [6, 6.07) is 9.45. The molecule has 0 atom stereocenters. The molecule has 0 spiro atoms. The molecule has 0 aliphatic heterocycles. The van der Waals surface area contributed by atoms with Crippen LogP contribution in [0, 0.1) is 0 Å². The highest BCUT2D eigenvalue weighted by Crippen LogP contribution is 1.99. The van der Waals surface area contributed by atoms with Gasteiger partial charge in [-0.2, -0.15) is 0 Å². The second-order valence-electron chi connectivity index (χ2n) is 4.87. The first-order valence-electron chi connectivity index (χ1n) is 5.53. The van der Waals surface area contributed by atoms with Crippen molar-refractivity contribution < 1.29 is 9.59 Å². The summed E-state index contributed by atoms with van der Waals surface area (Å²) in [6.07, 6.45) is 0. The fraction of sp³-hybridized carbons (Fsp3) is 0.385. The number of carbonyl (C=O) groups excluding carboxylic acids is 2. The molecule has 0 fully saturated rings. The molecule has 1 aromatic carbocycles. The van der Waals surface area contributed by atoms with E-state index in [1.807, 2.05) is 51.1 Å². The lowest BCUT2D eigenvalue weighted by Gasteiger charge is -2.19. The number of nitrogens with one attached hydrogen (secondary N) is 2. The van der Waals surface area contributed by atoms with E-state index < -0.39 is 17.4 Å². The molecule has 2 amide bonds. The Kier molecular flexibility index (Phi) is 4.26. The third-order valence-electron chi connectivity index (χ3n) is 1.99. The molecule has 92 valence electrons. The van der Waals surface area contributed by atoms with Gasteiger partial charge in [-0.1, -0.05) is 30.3 Å². The molecule has 4 heteroatoms. The summed E-state index contributed by atoms with van der Waals surface area (Å²) < 4.78 is 0. The maximum atomic E-state index is 11.5. The van der Waals surface area contributed by atoms with E-state index in [9.17, 15) is 9.59 Å². The molecule has 0 aromatic heterocycles. The molecule has 0 unspecified atom stereocenters. The second-order valence-corrected chi connectivity index (χ2v) is 4.87. The van der Waals surface area contributed by atoms with E-state index in [1.54, 1.807) is 0 Å². The molecule has 0 saturated carbocycles. The first-order valence-corrected chi connectivity index (χ1v) is 5.53. The van der Waals surface area contributed by atoms with Gasteiger partial charge in [0.1, 0.15) is 0 Å². The third kappa shape index (κ3) is 5.15. The number of carbonyl (C=O) groups is 2. The minimum Gasteiger partial charge on any atom is -0.344 e. The smallest absolute Gasteiger partial charge is 0.309 e. The highest BCUT2D eigenvalue weighted by molar-refractivity contribution is 6.35. The number of benzene rings is 1. The zero-order chi connectivity index (χ0) is 12.9. The summed E-state index contributed by atoms with van der Waals surface area (Å²) in [5, 5.41) is 5.17. The average Bonchev–Trinajstić information content (AvgIpc) is 2.25. The van der Waals surface area contributed by atoms with Gasteiger partial charge in [0, 0.05) is 12.1 Å². The van der Waals surface area contributed by atoms with Crippen LogP contribution in [0.1, 0.15) is 26.3 Å². The van der Waals surface area contributed by atoms with Gasteiger partial charge in [0.05, 0.1) is 0 Å². The molecule has 1 aromatic rings. The van der Waals surface area contributed by atoms with Crippen molar-refractivity contribution in [2.45, 2.75) is 32.9 Å². The third-order valence-corrected chi connectivity index (χ3v) is 1.99. The van der Waals surface area contributed by atoms with Crippen LogP contribution in [0.3, 0.4) is 0 Å². The predicted octanol–water partition coefficient (Wildman–Crippen LogP) is 1.22. The number of hydrogen-bond acceptors (Lipinski definition) is 2. The minimum atomic E-state index is -0.608. The number of hydrogen-bond donors (Lipinski definition) is 2. The van der Waals surface area contributed by atoms with Crippen molar-refractivity contribution in [1.82, 2.24) is 10.6 Å². The molecule has 0 aliphatic carbocycles. The van der Waals surface area contributed by atoms with E-state index in [1.165, 1.54) is 0 Å². The monoisotopic (exact) mass is 234 g/mol. The fourth-order valence-electron chi connectivity index (χ4n) is 1.26. The van der Waals surface area contributed by atoms with Crippen molar-refractivity contribution in [3.8, 4) is 0 Å². The summed E-state index contributed by atoms with van der Waals surface area (Å²) in [4.78, 5) is 22.9. The van der Waals surface area contributed by atoms with E-state index >= 15 is 0 Å². The van der Waals surface area contributed by atoms with Gasteiger partial charge in [0.25, 0.3) is 0 Å². The van der Waals surface area contributed by atoms with Gasteiger partial charge < -0.3 is 10.6 Å². The van der Waals surface area contributed by atoms with Gasteiger partial charge in [0.15, 0.2) is 0 Å². The largest absolute Gasteiger partial charge is 0.344 e. The zero-order valence-electron chi connectivity index (χ0n) is 10.4. The molecule has 0 radical (unpaired) electrons. The summed E-state index contributed by atoms with van der Waals surface area (Å²) in [5.74, 6) is -1.21. The van der Waals surface area contributed by atoms with Crippen molar-refractivity contribution in [2.75, 3.05) is 0 Å². The van der Waals surface area contributed by atoms with Gasteiger partial charge in [-0.05, 0) is 26.3 Å². The van der Waals surface area contributed by atoms with E-state index in [2.05, 4.69) is 10.6 Å². The Hall–Kier alpha value is -1.84. The normalized spacial score (nSPS) is 10.8. The lowest BCUT2D eigenvalue weighted by atomic mass is 10.1. The van der Waals surface area contributed by atoms with E-state index in [-0.39, 0.29) is 0 Å². The van der Waals surface area contributed by atoms with Crippen LogP contribution in [0.4, 0.5) is 0 Å². The van der Waals surface area contributed by atoms with Crippen molar-refractivity contribution in [3.63, 3.8) is 0 Å². The molecule has 0 bridgehead atoms. The van der Waals surface area contributed by atoms with Crippen LogP contribution in [0.15, 0.2) is 30.3 Å².